The molecule has 1 heterocycles. The van der Waals surface area contributed by atoms with Gasteiger partial charge in [-0.2, -0.15) is 0 Å². The Kier molecular flexibility index (Phi) is 9.09. The van der Waals surface area contributed by atoms with Gasteiger partial charge < -0.3 is 19.8 Å². The molecule has 7 nitrogen and oxygen atoms in total. The molecule has 0 amide bonds. The molecule has 1 rings (SSSR count). The first-order valence-corrected chi connectivity index (χ1v) is 9.51. The monoisotopic (exact) mass is 340 g/mol. The Morgan fingerprint density at radius 3 is 2.55 bits per heavy atom. The summed E-state index contributed by atoms with van der Waals surface area (Å²) in [7, 11) is -4.21. The lowest BCUT2D eigenvalue weighted by Gasteiger charge is -2.23. The molecule has 1 saturated heterocycles. The smallest absolute Gasteiger partial charge is 0.396 e. The van der Waals surface area contributed by atoms with Gasteiger partial charge in [0.25, 0.3) is 0 Å². The van der Waals surface area contributed by atoms with Gasteiger partial charge in [0.05, 0.1) is 18.8 Å². The predicted octanol–water partition coefficient (Wildman–Crippen LogP) is 1.99. The van der Waals surface area contributed by atoms with Crippen molar-refractivity contribution >= 4 is 7.82 Å². The van der Waals surface area contributed by atoms with Crippen molar-refractivity contribution in [2.45, 2.75) is 76.8 Å². The SMILES string of the molecule is CCC[C@H]1OC(C)[C@H](O)[C@@H]1OP(=O)(O)OCCCCCCO. The summed E-state index contributed by atoms with van der Waals surface area (Å²) in [5.74, 6) is 0. The Bertz CT molecular complexity index is 352. The van der Waals surface area contributed by atoms with E-state index in [0.29, 0.717) is 12.8 Å². The summed E-state index contributed by atoms with van der Waals surface area (Å²) in [6.07, 6.45) is 1.85. The molecule has 3 N–H and O–H groups in total. The van der Waals surface area contributed by atoms with Crippen molar-refractivity contribution in [1.82, 2.24) is 0 Å². The minimum atomic E-state index is -4.21. The molecule has 0 radical (unpaired) electrons. The van der Waals surface area contributed by atoms with Gasteiger partial charge in [0, 0.05) is 6.61 Å². The Morgan fingerprint density at radius 1 is 1.23 bits per heavy atom. The van der Waals surface area contributed by atoms with E-state index in [0.717, 1.165) is 25.7 Å². The van der Waals surface area contributed by atoms with E-state index in [9.17, 15) is 14.6 Å². The van der Waals surface area contributed by atoms with Gasteiger partial charge >= 0.3 is 7.82 Å². The van der Waals surface area contributed by atoms with Crippen molar-refractivity contribution in [2.75, 3.05) is 13.2 Å². The third kappa shape index (κ3) is 6.62. The summed E-state index contributed by atoms with van der Waals surface area (Å²) in [6.45, 7) is 3.94. The predicted molar refractivity (Wildman–Crippen MR) is 81.5 cm³/mol. The Labute approximate surface area is 132 Å². The van der Waals surface area contributed by atoms with Crippen LogP contribution in [0.3, 0.4) is 0 Å². The zero-order chi connectivity index (χ0) is 16.6. The second-order valence-corrected chi connectivity index (χ2v) is 7.07. The summed E-state index contributed by atoms with van der Waals surface area (Å²) < 4.78 is 27.6. The van der Waals surface area contributed by atoms with Gasteiger partial charge in [0.15, 0.2) is 0 Å². The van der Waals surface area contributed by atoms with Crippen LogP contribution in [0, 0.1) is 0 Å². The maximum Gasteiger partial charge on any atom is 0.472 e. The molecule has 1 aliphatic rings. The number of aliphatic hydroxyl groups excluding tert-OH is 2. The highest BCUT2D eigenvalue weighted by Crippen LogP contribution is 2.47. The molecule has 0 spiro atoms. The molecule has 8 heteroatoms. The number of phosphoric ester groups is 1. The average molecular weight is 340 g/mol. The molecule has 0 aliphatic carbocycles. The van der Waals surface area contributed by atoms with E-state index in [1.165, 1.54) is 0 Å². The summed E-state index contributed by atoms with van der Waals surface area (Å²) in [6, 6.07) is 0. The topological polar surface area (TPSA) is 105 Å². The second-order valence-electron chi connectivity index (χ2n) is 5.67. The standard InChI is InChI=1S/C14H29O7P/c1-3-8-12-14(13(16)11(2)20-12)21-22(17,18)19-10-7-5-4-6-9-15/h11-16H,3-10H2,1-2H3,(H,17,18)/t11?,12-,13+,14-/m1/s1. The van der Waals surface area contributed by atoms with Crippen LogP contribution in [0.25, 0.3) is 0 Å². The van der Waals surface area contributed by atoms with E-state index in [1.807, 2.05) is 6.92 Å². The van der Waals surface area contributed by atoms with Crippen LogP contribution >= 0.6 is 7.82 Å². The zero-order valence-electron chi connectivity index (χ0n) is 13.4. The van der Waals surface area contributed by atoms with Gasteiger partial charge in [-0.05, 0) is 26.2 Å². The van der Waals surface area contributed by atoms with Crippen LogP contribution < -0.4 is 0 Å². The van der Waals surface area contributed by atoms with Crippen LogP contribution in [0.4, 0.5) is 0 Å². The number of hydrogen-bond donors (Lipinski definition) is 3. The van der Waals surface area contributed by atoms with Crippen molar-refractivity contribution in [3.05, 3.63) is 0 Å². The fraction of sp³-hybridized carbons (Fsp3) is 1.00. The molecular formula is C14H29O7P. The summed E-state index contributed by atoms with van der Waals surface area (Å²) >= 11 is 0. The molecule has 1 aliphatic heterocycles. The first-order valence-electron chi connectivity index (χ1n) is 8.01. The average Bonchev–Trinajstić information content (AvgIpc) is 2.71. The first-order chi connectivity index (χ1) is 10.4. The van der Waals surface area contributed by atoms with Crippen LogP contribution in [0.15, 0.2) is 0 Å². The van der Waals surface area contributed by atoms with Gasteiger partial charge in [0.2, 0.25) is 0 Å². The third-order valence-electron chi connectivity index (χ3n) is 3.71. The normalized spacial score (nSPS) is 31.3. The molecular weight excluding hydrogens is 311 g/mol. The van der Waals surface area contributed by atoms with Crippen molar-refractivity contribution in [2.24, 2.45) is 0 Å². The second kappa shape index (κ2) is 9.98. The van der Waals surface area contributed by atoms with Gasteiger partial charge in [0.1, 0.15) is 12.2 Å². The zero-order valence-corrected chi connectivity index (χ0v) is 14.3. The van der Waals surface area contributed by atoms with E-state index in [4.69, 9.17) is 18.9 Å². The number of phosphoric acid groups is 1. The summed E-state index contributed by atoms with van der Waals surface area (Å²) in [4.78, 5) is 9.77. The third-order valence-corrected chi connectivity index (χ3v) is 4.73. The molecule has 0 aromatic heterocycles. The quantitative estimate of drug-likeness (QED) is 0.390. The van der Waals surface area contributed by atoms with E-state index < -0.39 is 32.2 Å². The van der Waals surface area contributed by atoms with Crippen LogP contribution in [-0.2, 0) is 18.3 Å². The maximum atomic E-state index is 12.0. The fourth-order valence-electron chi connectivity index (χ4n) is 2.50. The fourth-order valence-corrected chi connectivity index (χ4v) is 3.49. The molecule has 22 heavy (non-hydrogen) atoms. The van der Waals surface area contributed by atoms with Crippen molar-refractivity contribution in [1.29, 1.82) is 0 Å². The molecule has 0 saturated carbocycles. The first kappa shape index (κ1) is 20.0. The molecule has 2 unspecified atom stereocenters. The van der Waals surface area contributed by atoms with Gasteiger partial charge in [-0.15, -0.1) is 0 Å². The van der Waals surface area contributed by atoms with E-state index in [1.54, 1.807) is 6.92 Å². The number of aliphatic hydroxyl groups is 2. The maximum absolute atomic E-state index is 12.0. The van der Waals surface area contributed by atoms with Crippen LogP contribution in [0.1, 0.15) is 52.4 Å². The molecule has 1 fully saturated rings. The molecule has 132 valence electrons. The Morgan fingerprint density at radius 2 is 1.91 bits per heavy atom. The van der Waals surface area contributed by atoms with Crippen LogP contribution in [-0.4, -0.2) is 52.7 Å². The van der Waals surface area contributed by atoms with Gasteiger partial charge in [-0.1, -0.05) is 26.2 Å². The minimum Gasteiger partial charge on any atom is -0.396 e. The van der Waals surface area contributed by atoms with E-state index in [-0.39, 0.29) is 13.2 Å². The highest BCUT2D eigenvalue weighted by atomic mass is 31.2. The molecule has 5 atom stereocenters. The Balaban J connectivity index is 2.39. The number of unbranched alkanes of at least 4 members (excludes halogenated alkanes) is 3. The van der Waals surface area contributed by atoms with Crippen molar-refractivity contribution in [3.63, 3.8) is 0 Å². The largest absolute Gasteiger partial charge is 0.472 e. The van der Waals surface area contributed by atoms with Crippen LogP contribution in [0.2, 0.25) is 0 Å². The highest BCUT2D eigenvalue weighted by molar-refractivity contribution is 7.47. The number of ether oxygens (including phenoxy) is 1. The van der Waals surface area contributed by atoms with E-state index in [2.05, 4.69) is 0 Å². The summed E-state index contributed by atoms with van der Waals surface area (Å²) in [5, 5.41) is 18.7. The molecule has 0 bridgehead atoms. The van der Waals surface area contributed by atoms with Crippen molar-refractivity contribution < 1.29 is 33.5 Å². The Hall–Kier alpha value is -0.0100. The van der Waals surface area contributed by atoms with Gasteiger partial charge in [-0.25, -0.2) is 4.57 Å². The number of hydrogen-bond acceptors (Lipinski definition) is 6. The van der Waals surface area contributed by atoms with E-state index >= 15 is 0 Å². The lowest BCUT2D eigenvalue weighted by Crippen LogP contribution is -2.34. The molecule has 0 aromatic carbocycles. The lowest BCUT2D eigenvalue weighted by atomic mass is 10.1. The lowest BCUT2D eigenvalue weighted by molar-refractivity contribution is 0.00527. The number of rotatable bonds is 11. The minimum absolute atomic E-state index is 0.108. The molecule has 0 aromatic rings. The van der Waals surface area contributed by atoms with Crippen LogP contribution in [0.5, 0.6) is 0 Å². The summed E-state index contributed by atoms with van der Waals surface area (Å²) in [5.41, 5.74) is 0. The van der Waals surface area contributed by atoms with Gasteiger partial charge in [-0.3, -0.25) is 9.05 Å². The van der Waals surface area contributed by atoms with Crippen molar-refractivity contribution in [3.8, 4) is 0 Å². The highest BCUT2D eigenvalue weighted by Gasteiger charge is 2.45.